The molecule has 324 valence electrons. The van der Waals surface area contributed by atoms with Gasteiger partial charge in [-0.15, -0.1) is 0 Å². The topological polar surface area (TPSA) is 307 Å². The first-order valence-corrected chi connectivity index (χ1v) is 20.0. The molecule has 5 amide bonds. The number of aliphatic hydroxyl groups is 2. The normalized spacial score (nSPS) is 14.2. The van der Waals surface area contributed by atoms with Crippen molar-refractivity contribution in [3.05, 3.63) is 108 Å². The number of amides is 5. The highest BCUT2D eigenvalue weighted by Gasteiger charge is 2.33. The minimum Gasteiger partial charge on any atom is -0.480 e. The largest absolute Gasteiger partial charge is 0.480 e. The number of rotatable bonds is 23. The SMILES string of the molecule is NCCCC[C@H](NC(=O)[C@H](Cc1ccccc1)NC(=O)[C@H](CO)NC(=O)[C@H](Cc1c[nH]c2ccccc12)NC(=O)[C@@H](N)Cc1c[nH]c2ccccc12)C(=O)N[C@@H](CO)C(=O)O. The third-order valence-electron chi connectivity index (χ3n) is 10.3. The van der Waals surface area contributed by atoms with Crippen molar-refractivity contribution in [2.75, 3.05) is 19.8 Å². The fourth-order valence-electron chi connectivity index (χ4n) is 6.93. The number of hydrogen-bond donors (Lipinski definition) is 12. The number of aliphatic hydroxyl groups excluding tert-OH is 2. The molecule has 61 heavy (non-hydrogen) atoms. The van der Waals surface area contributed by atoms with Crippen LogP contribution in [0.15, 0.2) is 91.3 Å². The van der Waals surface area contributed by atoms with Crippen molar-refractivity contribution < 1.29 is 44.1 Å². The monoisotopic (exact) mass is 839 g/mol. The summed E-state index contributed by atoms with van der Waals surface area (Å²) < 4.78 is 0. The maximum Gasteiger partial charge on any atom is 0.328 e. The van der Waals surface area contributed by atoms with Crippen LogP contribution >= 0.6 is 0 Å². The Morgan fingerprint density at radius 3 is 1.57 bits per heavy atom. The molecular formula is C43H53N9O9. The van der Waals surface area contributed by atoms with Crippen LogP contribution in [0.5, 0.6) is 0 Å². The van der Waals surface area contributed by atoms with Crippen LogP contribution in [0.25, 0.3) is 21.8 Å². The summed E-state index contributed by atoms with van der Waals surface area (Å²) in [6.07, 6.45) is 4.46. The summed E-state index contributed by atoms with van der Waals surface area (Å²) in [7, 11) is 0. The van der Waals surface area contributed by atoms with Crippen LogP contribution in [0.4, 0.5) is 0 Å². The molecule has 3 aromatic carbocycles. The third kappa shape index (κ3) is 12.5. The summed E-state index contributed by atoms with van der Waals surface area (Å²) >= 11 is 0. The van der Waals surface area contributed by atoms with E-state index in [2.05, 4.69) is 36.6 Å². The van der Waals surface area contributed by atoms with Gasteiger partial charge in [0.15, 0.2) is 0 Å². The molecule has 0 saturated carbocycles. The van der Waals surface area contributed by atoms with Gasteiger partial charge in [0.2, 0.25) is 29.5 Å². The second-order valence-corrected chi connectivity index (χ2v) is 14.7. The quantitative estimate of drug-likeness (QED) is 0.0377. The zero-order valence-electron chi connectivity index (χ0n) is 33.4. The van der Waals surface area contributed by atoms with E-state index in [0.717, 1.165) is 27.4 Å². The lowest BCUT2D eigenvalue weighted by atomic mass is 10.0. The van der Waals surface area contributed by atoms with Crippen LogP contribution < -0.4 is 38.1 Å². The second kappa shape index (κ2) is 22.1. The molecule has 14 N–H and O–H groups in total. The number of aromatic nitrogens is 2. The zero-order valence-corrected chi connectivity index (χ0v) is 33.4. The van der Waals surface area contributed by atoms with Gasteiger partial charge in [0, 0.05) is 47.0 Å². The van der Waals surface area contributed by atoms with Gasteiger partial charge in [-0.25, -0.2) is 4.79 Å². The van der Waals surface area contributed by atoms with E-state index in [1.54, 1.807) is 42.7 Å². The molecule has 6 atom stereocenters. The van der Waals surface area contributed by atoms with Crippen molar-refractivity contribution in [2.45, 2.75) is 74.8 Å². The number of hydrogen-bond acceptors (Lipinski definition) is 10. The number of carboxylic acid groups (broad SMARTS) is 1. The molecule has 0 bridgehead atoms. The molecule has 0 radical (unpaired) electrons. The first kappa shape index (κ1) is 45.5. The van der Waals surface area contributed by atoms with Crippen LogP contribution in [-0.4, -0.2) is 117 Å². The average molecular weight is 840 g/mol. The number of fused-ring (bicyclic) bond motifs is 2. The molecule has 5 rings (SSSR count). The summed E-state index contributed by atoms with van der Waals surface area (Å²) in [5, 5.41) is 43.6. The van der Waals surface area contributed by atoms with Crippen molar-refractivity contribution in [3.8, 4) is 0 Å². The molecule has 0 fully saturated rings. The van der Waals surface area contributed by atoms with Crippen molar-refractivity contribution in [1.29, 1.82) is 0 Å². The summed E-state index contributed by atoms with van der Waals surface area (Å²) in [6, 6.07) is 15.4. The first-order chi connectivity index (χ1) is 29.4. The van der Waals surface area contributed by atoms with E-state index < -0.39 is 85.0 Å². The molecule has 0 aliphatic carbocycles. The fourth-order valence-corrected chi connectivity index (χ4v) is 6.93. The predicted octanol–water partition coefficient (Wildman–Crippen LogP) is -0.373. The Morgan fingerprint density at radius 1 is 0.541 bits per heavy atom. The Labute approximate surface area is 351 Å². The number of nitrogens with one attached hydrogen (secondary N) is 7. The maximum atomic E-state index is 14.1. The van der Waals surface area contributed by atoms with E-state index in [1.165, 1.54) is 0 Å². The van der Waals surface area contributed by atoms with Gasteiger partial charge in [-0.3, -0.25) is 24.0 Å². The molecule has 0 aliphatic rings. The van der Waals surface area contributed by atoms with Gasteiger partial charge in [0.25, 0.3) is 0 Å². The Balaban J connectivity index is 1.34. The lowest BCUT2D eigenvalue weighted by molar-refractivity contribution is -0.143. The minimum atomic E-state index is -1.63. The Bertz CT molecular complexity index is 2280. The van der Waals surface area contributed by atoms with Gasteiger partial charge in [0.05, 0.1) is 19.3 Å². The predicted molar refractivity (Wildman–Crippen MR) is 226 cm³/mol. The van der Waals surface area contributed by atoms with E-state index >= 15 is 0 Å². The van der Waals surface area contributed by atoms with Gasteiger partial charge in [-0.2, -0.15) is 0 Å². The highest BCUT2D eigenvalue weighted by atomic mass is 16.4. The van der Waals surface area contributed by atoms with Crippen molar-refractivity contribution >= 4 is 57.3 Å². The van der Waals surface area contributed by atoms with Crippen molar-refractivity contribution in [2.24, 2.45) is 11.5 Å². The number of aromatic amines is 2. The summed E-state index contributed by atoms with van der Waals surface area (Å²) in [4.78, 5) is 86.5. The standard InChI is InChI=1S/C43H53N9O9/c44-17-9-8-16-33(39(56)52-37(24-54)43(60)61)48-40(57)34(18-25-10-2-1-3-11-25)50-42(59)36(23-53)51-41(58)35(20-27-22-47-32-15-7-5-13-29(27)32)49-38(55)30(45)19-26-21-46-31-14-6-4-12-28(26)31/h1-7,10-15,21-22,30,33-37,46-47,53-54H,8-9,16-20,23-24,44-45H2,(H,48,57)(H,49,55)(H,50,59)(H,51,58)(H,52,56)(H,60,61)/t30-,33-,34-,35-,36-,37-/m0/s1. The number of unbranched alkanes of at least 4 members (excludes halogenated alkanes) is 1. The molecule has 0 aliphatic heterocycles. The van der Waals surface area contributed by atoms with Crippen LogP contribution in [0.2, 0.25) is 0 Å². The first-order valence-electron chi connectivity index (χ1n) is 20.0. The molecule has 0 spiro atoms. The number of carbonyl (C=O) groups is 6. The number of nitrogens with two attached hydrogens (primary N) is 2. The van der Waals surface area contributed by atoms with Gasteiger partial charge < -0.3 is 63.3 Å². The molecule has 5 aromatic rings. The number of H-pyrrole nitrogens is 2. The Hall–Kier alpha value is -6.60. The van der Waals surface area contributed by atoms with E-state index in [0.29, 0.717) is 30.5 Å². The lowest BCUT2D eigenvalue weighted by Gasteiger charge is -2.26. The minimum absolute atomic E-state index is 0.0210. The zero-order chi connectivity index (χ0) is 43.9. The van der Waals surface area contributed by atoms with Crippen LogP contribution in [0.3, 0.4) is 0 Å². The summed E-state index contributed by atoms with van der Waals surface area (Å²) in [6.45, 7) is -1.50. The van der Waals surface area contributed by atoms with Crippen LogP contribution in [0.1, 0.15) is 36.0 Å². The maximum absolute atomic E-state index is 14.1. The lowest BCUT2D eigenvalue weighted by Crippen LogP contribution is -2.60. The number of para-hydroxylation sites is 2. The van der Waals surface area contributed by atoms with Crippen molar-refractivity contribution in [3.63, 3.8) is 0 Å². The third-order valence-corrected chi connectivity index (χ3v) is 10.3. The van der Waals surface area contributed by atoms with E-state index in [-0.39, 0.29) is 25.7 Å². The molecular weight excluding hydrogens is 787 g/mol. The molecule has 0 saturated heterocycles. The molecule has 18 heteroatoms. The van der Waals surface area contributed by atoms with Gasteiger partial charge in [-0.1, -0.05) is 66.7 Å². The van der Waals surface area contributed by atoms with Gasteiger partial charge in [0.1, 0.15) is 30.2 Å². The second-order valence-electron chi connectivity index (χ2n) is 14.7. The number of aliphatic carboxylic acids is 1. The van der Waals surface area contributed by atoms with Crippen molar-refractivity contribution in [1.82, 2.24) is 36.6 Å². The number of benzene rings is 3. The van der Waals surface area contributed by atoms with E-state index in [9.17, 15) is 44.1 Å². The highest BCUT2D eigenvalue weighted by molar-refractivity contribution is 5.97. The molecule has 18 nitrogen and oxygen atoms in total. The van der Waals surface area contributed by atoms with E-state index in [4.69, 9.17) is 11.5 Å². The fraction of sp³-hybridized carbons (Fsp3) is 0.349. The van der Waals surface area contributed by atoms with Gasteiger partial charge >= 0.3 is 5.97 Å². The van der Waals surface area contributed by atoms with Crippen LogP contribution in [-0.2, 0) is 48.0 Å². The number of carbonyl (C=O) groups excluding carboxylic acids is 5. The molecule has 0 unspecified atom stereocenters. The smallest absolute Gasteiger partial charge is 0.328 e. The average Bonchev–Trinajstić information content (AvgIpc) is 3.87. The Morgan fingerprint density at radius 2 is 1.00 bits per heavy atom. The van der Waals surface area contributed by atoms with Crippen LogP contribution in [0, 0.1) is 0 Å². The Kier molecular flexibility index (Phi) is 16.5. The van der Waals surface area contributed by atoms with Gasteiger partial charge in [-0.05, 0) is 61.1 Å². The summed E-state index contributed by atoms with van der Waals surface area (Å²) in [5.74, 6) is -5.57. The molecule has 2 aromatic heterocycles. The molecule has 2 heterocycles. The van der Waals surface area contributed by atoms with E-state index in [1.807, 2.05) is 48.5 Å². The summed E-state index contributed by atoms with van der Waals surface area (Å²) in [5.41, 5.74) is 15.8. The number of carboxylic acids is 1. The highest BCUT2D eigenvalue weighted by Crippen LogP contribution is 2.21.